The Labute approximate surface area is 119 Å². The first-order valence-electron chi connectivity index (χ1n) is 6.74. The molecule has 0 aliphatic carbocycles. The summed E-state index contributed by atoms with van der Waals surface area (Å²) in [5.74, 6) is 1.31. The summed E-state index contributed by atoms with van der Waals surface area (Å²) in [6.45, 7) is 4.92. The predicted octanol–water partition coefficient (Wildman–Crippen LogP) is 4.34. The van der Waals surface area contributed by atoms with E-state index in [0.717, 1.165) is 23.0 Å². The third kappa shape index (κ3) is 2.25. The number of anilines is 1. The molecule has 0 saturated heterocycles. The zero-order chi connectivity index (χ0) is 14.0. The summed E-state index contributed by atoms with van der Waals surface area (Å²) in [6.07, 6.45) is 0. The van der Waals surface area contributed by atoms with Crippen molar-refractivity contribution in [3.05, 3.63) is 35.9 Å². The van der Waals surface area contributed by atoms with Crippen LogP contribution in [-0.2, 0) is 0 Å². The van der Waals surface area contributed by atoms with Crippen LogP contribution in [0.5, 0.6) is 5.75 Å². The summed E-state index contributed by atoms with van der Waals surface area (Å²) < 4.78 is 0. The molecule has 0 spiro atoms. The summed E-state index contributed by atoms with van der Waals surface area (Å²) in [4.78, 5) is 2.16. The molecule has 1 atom stereocenters. The Morgan fingerprint density at radius 2 is 1.89 bits per heavy atom. The van der Waals surface area contributed by atoms with Crippen LogP contribution in [0, 0.1) is 0 Å². The maximum atomic E-state index is 10.1. The van der Waals surface area contributed by atoms with Crippen molar-refractivity contribution in [1.29, 1.82) is 0 Å². The Morgan fingerprint density at radius 3 is 2.53 bits per heavy atom. The Hall–Kier alpha value is -1.41. The number of fused-ring (bicyclic) bond motifs is 3. The van der Waals surface area contributed by atoms with Crippen molar-refractivity contribution in [2.45, 2.75) is 19.8 Å². The van der Waals surface area contributed by atoms with Crippen LogP contribution in [0.4, 0.5) is 5.69 Å². The zero-order valence-corrected chi connectivity index (χ0v) is 12.4. The van der Waals surface area contributed by atoms with Crippen molar-refractivity contribution in [1.82, 2.24) is 0 Å². The van der Waals surface area contributed by atoms with Crippen molar-refractivity contribution in [2.75, 3.05) is 24.4 Å². The molecular weight excluding hydrogens is 258 g/mol. The van der Waals surface area contributed by atoms with Crippen LogP contribution in [0.15, 0.2) is 30.3 Å². The molecule has 0 fully saturated rings. The molecule has 0 saturated carbocycles. The first kappa shape index (κ1) is 14.0. The minimum absolute atomic E-state index is 0.349. The first-order valence-corrected chi connectivity index (χ1v) is 7.27. The maximum Gasteiger partial charge on any atom is 0.125 e. The van der Waals surface area contributed by atoms with Crippen LogP contribution in [0.2, 0.25) is 0 Å². The van der Waals surface area contributed by atoms with Crippen molar-refractivity contribution in [2.24, 2.45) is 0 Å². The molecule has 1 aliphatic rings. The minimum Gasteiger partial charge on any atom is -0.507 e. The number of rotatable bonds is 1. The normalized spacial score (nSPS) is 17.1. The highest BCUT2D eigenvalue weighted by Gasteiger charge is 2.28. The third-order valence-electron chi connectivity index (χ3n) is 3.54. The van der Waals surface area contributed by atoms with Crippen molar-refractivity contribution in [3.63, 3.8) is 0 Å². The molecule has 2 aromatic carbocycles. The largest absolute Gasteiger partial charge is 0.507 e. The fourth-order valence-corrected chi connectivity index (χ4v) is 3.01. The number of hydrogen-bond acceptors (Lipinski definition) is 2. The highest BCUT2D eigenvalue weighted by Crippen LogP contribution is 2.44. The highest BCUT2D eigenvalue weighted by molar-refractivity contribution is 6.18. The van der Waals surface area contributed by atoms with E-state index in [1.54, 1.807) is 0 Å². The average molecular weight is 278 g/mol. The molecule has 102 valence electrons. The van der Waals surface area contributed by atoms with Gasteiger partial charge in [-0.05, 0) is 10.9 Å². The molecule has 2 nitrogen and oxygen atoms in total. The Morgan fingerprint density at radius 1 is 1.26 bits per heavy atom. The molecule has 1 unspecified atom stereocenters. The van der Waals surface area contributed by atoms with Gasteiger partial charge in [-0.3, -0.25) is 0 Å². The number of aromatic hydroxyl groups is 1. The lowest BCUT2D eigenvalue weighted by Crippen LogP contribution is -2.15. The Kier molecular flexibility index (Phi) is 4.20. The lowest BCUT2D eigenvalue weighted by Gasteiger charge is -2.13. The second-order valence-electron chi connectivity index (χ2n) is 4.61. The third-order valence-corrected chi connectivity index (χ3v) is 3.92. The van der Waals surface area contributed by atoms with Gasteiger partial charge < -0.3 is 10.0 Å². The van der Waals surface area contributed by atoms with Crippen LogP contribution in [-0.4, -0.2) is 24.6 Å². The van der Waals surface area contributed by atoms with E-state index in [1.165, 1.54) is 5.56 Å². The molecule has 3 rings (SSSR count). The monoisotopic (exact) mass is 277 g/mol. The molecule has 0 bridgehead atoms. The summed E-state index contributed by atoms with van der Waals surface area (Å²) in [5.41, 5.74) is 2.38. The van der Waals surface area contributed by atoms with Crippen molar-refractivity contribution >= 4 is 28.1 Å². The quantitative estimate of drug-likeness (QED) is 0.784. The minimum atomic E-state index is 0.349. The fourth-order valence-electron chi connectivity index (χ4n) is 2.76. The van der Waals surface area contributed by atoms with E-state index in [0.29, 0.717) is 17.5 Å². The summed E-state index contributed by atoms with van der Waals surface area (Å²) >= 11 is 6.05. The molecule has 1 aliphatic heterocycles. The van der Waals surface area contributed by atoms with Crippen molar-refractivity contribution < 1.29 is 5.11 Å². The second-order valence-corrected chi connectivity index (χ2v) is 4.91. The molecule has 0 radical (unpaired) electrons. The van der Waals surface area contributed by atoms with Crippen LogP contribution >= 0.6 is 11.6 Å². The zero-order valence-electron chi connectivity index (χ0n) is 11.7. The van der Waals surface area contributed by atoms with Crippen LogP contribution < -0.4 is 4.90 Å². The lowest BCUT2D eigenvalue weighted by atomic mass is 9.95. The number of halogens is 1. The summed E-state index contributed by atoms with van der Waals surface area (Å²) in [5, 5.41) is 12.1. The van der Waals surface area contributed by atoms with E-state index in [-0.39, 0.29) is 0 Å². The summed E-state index contributed by atoms with van der Waals surface area (Å²) in [7, 11) is 2.04. The van der Waals surface area contributed by atoms with Gasteiger partial charge in [-0.1, -0.05) is 38.1 Å². The Balaban J connectivity index is 0.000000637. The number of phenolic OH excluding ortho intramolecular Hbond substituents is 1. The van der Waals surface area contributed by atoms with Gasteiger partial charge in [0.15, 0.2) is 0 Å². The number of hydrogen-bond donors (Lipinski definition) is 1. The van der Waals surface area contributed by atoms with Gasteiger partial charge in [0.1, 0.15) is 5.75 Å². The smallest absolute Gasteiger partial charge is 0.125 e. The topological polar surface area (TPSA) is 23.5 Å². The van der Waals surface area contributed by atoms with Gasteiger partial charge in [-0.15, -0.1) is 11.6 Å². The van der Waals surface area contributed by atoms with E-state index >= 15 is 0 Å². The number of benzene rings is 2. The molecule has 0 amide bonds. The van der Waals surface area contributed by atoms with E-state index in [1.807, 2.05) is 45.2 Å². The molecule has 2 aromatic rings. The highest BCUT2D eigenvalue weighted by atomic mass is 35.5. The van der Waals surface area contributed by atoms with Crippen molar-refractivity contribution in [3.8, 4) is 5.75 Å². The van der Waals surface area contributed by atoms with E-state index < -0.39 is 0 Å². The van der Waals surface area contributed by atoms with Crippen LogP contribution in [0.3, 0.4) is 0 Å². The average Bonchev–Trinajstić information content (AvgIpc) is 2.78. The first-order chi connectivity index (χ1) is 9.22. The summed E-state index contributed by atoms with van der Waals surface area (Å²) in [6, 6.07) is 9.82. The fraction of sp³-hybridized carbons (Fsp3) is 0.375. The lowest BCUT2D eigenvalue weighted by molar-refractivity contribution is 0.481. The van der Waals surface area contributed by atoms with Crippen LogP contribution in [0.1, 0.15) is 25.3 Å². The Bertz CT molecular complexity index is 582. The molecule has 0 aromatic heterocycles. The van der Waals surface area contributed by atoms with Gasteiger partial charge in [0.05, 0.1) is 0 Å². The maximum absolute atomic E-state index is 10.1. The van der Waals surface area contributed by atoms with Gasteiger partial charge in [0, 0.05) is 42.5 Å². The molecule has 3 heteroatoms. The predicted molar refractivity (Wildman–Crippen MR) is 83.7 cm³/mol. The molecule has 1 N–H and O–H groups in total. The van der Waals surface area contributed by atoms with E-state index in [9.17, 15) is 5.11 Å². The van der Waals surface area contributed by atoms with Gasteiger partial charge in [0.2, 0.25) is 0 Å². The standard InChI is InChI=1S/C14H14ClNO.C2H6/c1-16-8-9(7-15)14-11-5-3-2-4-10(11)13(17)6-12(14)16;1-2/h2-6,9,17H,7-8H2,1H3;1-2H3. The number of alkyl halides is 1. The van der Waals surface area contributed by atoms with Gasteiger partial charge >= 0.3 is 0 Å². The van der Waals surface area contributed by atoms with E-state index in [2.05, 4.69) is 11.0 Å². The SMILES string of the molecule is CC.CN1CC(CCl)c2c1cc(O)c1ccccc21. The molecular formula is C16H20ClNO. The number of likely N-dealkylation sites (N-methyl/N-ethyl adjacent to an activating group) is 1. The van der Waals surface area contributed by atoms with Gasteiger partial charge in [-0.25, -0.2) is 0 Å². The number of nitrogens with zero attached hydrogens (tertiary/aromatic N) is 1. The van der Waals surface area contributed by atoms with Crippen LogP contribution in [0.25, 0.3) is 10.8 Å². The van der Waals surface area contributed by atoms with E-state index in [4.69, 9.17) is 11.6 Å². The van der Waals surface area contributed by atoms with Gasteiger partial charge in [0.25, 0.3) is 0 Å². The van der Waals surface area contributed by atoms with Gasteiger partial charge in [-0.2, -0.15) is 0 Å². The molecule has 19 heavy (non-hydrogen) atoms. The second kappa shape index (κ2) is 5.70. The molecule has 1 heterocycles. The number of phenols is 1.